The minimum absolute atomic E-state index is 0.108. The molecule has 1 atom stereocenters. The average Bonchev–Trinajstić information content (AvgIpc) is 3.36. The Labute approximate surface area is 177 Å². The first kappa shape index (κ1) is 20.4. The molecule has 8 nitrogen and oxygen atoms in total. The molecular weight excluding hydrogens is 401 g/mol. The summed E-state index contributed by atoms with van der Waals surface area (Å²) in [5, 5.41) is 8.22. The van der Waals surface area contributed by atoms with Crippen molar-refractivity contribution in [3.8, 4) is 17.2 Å². The molecule has 4 rings (SSSR count). The second-order valence-corrected chi connectivity index (χ2v) is 7.21. The molecule has 0 saturated carbocycles. The van der Waals surface area contributed by atoms with Gasteiger partial charge in [-0.05, 0) is 57.5 Å². The smallest absolute Gasteiger partial charge is 0.340 e. The van der Waals surface area contributed by atoms with Crippen molar-refractivity contribution in [1.29, 1.82) is 0 Å². The fraction of sp³-hybridized carbons (Fsp3) is 0.227. The van der Waals surface area contributed by atoms with Gasteiger partial charge in [-0.3, -0.25) is 0 Å². The Morgan fingerprint density at radius 3 is 2.61 bits per heavy atom. The lowest BCUT2D eigenvalue weighted by Gasteiger charge is -2.09. The molecule has 0 spiro atoms. The number of benzene rings is 1. The van der Waals surface area contributed by atoms with Crippen molar-refractivity contribution >= 4 is 5.97 Å². The number of rotatable bonds is 5. The van der Waals surface area contributed by atoms with Crippen molar-refractivity contribution < 1.29 is 18.4 Å². The molecule has 0 N–H and O–H groups in total. The molecule has 1 unspecified atom stereocenters. The number of halogens is 1. The molecule has 3 heterocycles. The highest BCUT2D eigenvalue weighted by molar-refractivity contribution is 5.89. The van der Waals surface area contributed by atoms with Crippen LogP contribution in [0.25, 0.3) is 17.2 Å². The van der Waals surface area contributed by atoms with Crippen LogP contribution in [0.4, 0.5) is 4.39 Å². The summed E-state index contributed by atoms with van der Waals surface area (Å²) in [6.07, 6.45) is 0.634. The molecule has 0 fully saturated rings. The molecule has 0 bridgehead atoms. The summed E-state index contributed by atoms with van der Waals surface area (Å²) >= 11 is 0. The van der Waals surface area contributed by atoms with E-state index in [-0.39, 0.29) is 23.1 Å². The Hall–Kier alpha value is -3.88. The van der Waals surface area contributed by atoms with E-state index in [2.05, 4.69) is 20.2 Å². The number of nitrogens with zero attached hydrogens (tertiary/aromatic N) is 5. The highest BCUT2D eigenvalue weighted by Crippen LogP contribution is 2.23. The van der Waals surface area contributed by atoms with Gasteiger partial charge in [0.15, 0.2) is 11.9 Å². The summed E-state index contributed by atoms with van der Waals surface area (Å²) < 4.78 is 26.1. The van der Waals surface area contributed by atoms with Crippen molar-refractivity contribution in [3.05, 3.63) is 76.8 Å². The van der Waals surface area contributed by atoms with Crippen LogP contribution < -0.4 is 0 Å². The zero-order chi connectivity index (χ0) is 22.1. The van der Waals surface area contributed by atoms with E-state index in [1.165, 1.54) is 12.3 Å². The molecule has 1 aromatic carbocycles. The molecule has 9 heteroatoms. The first-order valence-corrected chi connectivity index (χ1v) is 9.62. The number of hydrogen-bond donors (Lipinski definition) is 0. The van der Waals surface area contributed by atoms with Gasteiger partial charge in [0.05, 0.1) is 11.3 Å². The van der Waals surface area contributed by atoms with Crippen molar-refractivity contribution in [2.45, 2.75) is 33.8 Å². The maximum absolute atomic E-state index is 13.8. The van der Waals surface area contributed by atoms with E-state index >= 15 is 0 Å². The van der Waals surface area contributed by atoms with E-state index in [4.69, 9.17) is 9.26 Å². The second kappa shape index (κ2) is 8.10. The zero-order valence-corrected chi connectivity index (χ0v) is 17.5. The first-order chi connectivity index (χ1) is 14.8. The number of carbonyl (C=O) groups excluding carboxylic acids is 1. The molecule has 0 aliphatic rings. The molecule has 158 valence electrons. The maximum Gasteiger partial charge on any atom is 0.340 e. The van der Waals surface area contributed by atoms with Gasteiger partial charge in [0.2, 0.25) is 5.82 Å². The summed E-state index contributed by atoms with van der Waals surface area (Å²) in [7, 11) is 0. The maximum atomic E-state index is 13.8. The molecule has 0 saturated heterocycles. The Morgan fingerprint density at radius 1 is 1.16 bits per heavy atom. The minimum atomic E-state index is -0.792. The molecule has 0 amide bonds. The largest absolute Gasteiger partial charge is 0.449 e. The SMILES string of the molecule is Cc1cc(C)n(-c2ccc(C(=O)OC(C)c3nc(-c4ccc(C)c(F)c4)no3)cn2)n1. The van der Waals surface area contributed by atoms with Crippen LogP contribution >= 0.6 is 0 Å². The van der Waals surface area contributed by atoms with Gasteiger partial charge >= 0.3 is 5.97 Å². The van der Waals surface area contributed by atoms with Crippen LogP contribution in [0.2, 0.25) is 0 Å². The number of pyridine rings is 1. The standard InChI is InChI=1S/C22H20FN5O3/c1-12-5-6-16(10-18(12)23)20-25-21(31-27-20)15(4)30-22(29)17-7-8-19(24-11-17)28-14(3)9-13(2)26-28/h5-11,15H,1-4H3. The second-order valence-electron chi connectivity index (χ2n) is 7.21. The highest BCUT2D eigenvalue weighted by Gasteiger charge is 2.21. The van der Waals surface area contributed by atoms with Gasteiger partial charge in [-0.1, -0.05) is 17.3 Å². The lowest BCUT2D eigenvalue weighted by atomic mass is 10.1. The zero-order valence-electron chi connectivity index (χ0n) is 17.5. The Kier molecular flexibility index (Phi) is 5.33. The van der Waals surface area contributed by atoms with Crippen LogP contribution in [0.15, 0.2) is 47.1 Å². The van der Waals surface area contributed by atoms with Crippen molar-refractivity contribution in [3.63, 3.8) is 0 Å². The summed E-state index contributed by atoms with van der Waals surface area (Å²) in [5.74, 6) is -0.0212. The first-order valence-electron chi connectivity index (χ1n) is 9.62. The van der Waals surface area contributed by atoms with Gasteiger partial charge in [-0.15, -0.1) is 0 Å². The van der Waals surface area contributed by atoms with E-state index in [0.717, 1.165) is 11.4 Å². The van der Waals surface area contributed by atoms with Gasteiger partial charge in [0.25, 0.3) is 5.89 Å². The summed E-state index contributed by atoms with van der Waals surface area (Å²) in [4.78, 5) is 21.0. The molecule has 0 radical (unpaired) electrons. The fourth-order valence-corrected chi connectivity index (χ4v) is 3.02. The Morgan fingerprint density at radius 2 is 1.97 bits per heavy atom. The predicted octanol–water partition coefficient (Wildman–Crippen LogP) is 4.30. The van der Waals surface area contributed by atoms with Gasteiger partial charge in [0.1, 0.15) is 5.82 Å². The number of carbonyl (C=O) groups is 1. The van der Waals surface area contributed by atoms with E-state index in [1.807, 2.05) is 19.9 Å². The molecule has 0 aliphatic carbocycles. The van der Waals surface area contributed by atoms with Crippen LogP contribution in [-0.2, 0) is 4.74 Å². The minimum Gasteiger partial charge on any atom is -0.449 e. The fourth-order valence-electron chi connectivity index (χ4n) is 3.02. The Bertz CT molecular complexity index is 1250. The van der Waals surface area contributed by atoms with Gasteiger partial charge in [-0.2, -0.15) is 10.1 Å². The molecule has 4 aromatic rings. The molecular formula is C22H20FN5O3. The quantitative estimate of drug-likeness (QED) is 0.443. The normalized spacial score (nSPS) is 12.0. The van der Waals surface area contributed by atoms with Gasteiger partial charge < -0.3 is 9.26 Å². The summed E-state index contributed by atoms with van der Waals surface area (Å²) in [5.41, 5.74) is 3.09. The van der Waals surface area contributed by atoms with Gasteiger partial charge in [-0.25, -0.2) is 18.9 Å². The molecule has 0 aliphatic heterocycles. The van der Waals surface area contributed by atoms with Crippen molar-refractivity contribution in [2.75, 3.05) is 0 Å². The lowest BCUT2D eigenvalue weighted by Crippen LogP contribution is -2.11. The number of esters is 1. The monoisotopic (exact) mass is 421 g/mol. The van der Waals surface area contributed by atoms with E-state index in [1.54, 1.807) is 42.8 Å². The number of hydrogen-bond acceptors (Lipinski definition) is 7. The van der Waals surface area contributed by atoms with Crippen molar-refractivity contribution in [1.82, 2.24) is 24.9 Å². The Balaban J connectivity index is 1.45. The summed E-state index contributed by atoms with van der Waals surface area (Å²) in [6.45, 7) is 7.10. The van der Waals surface area contributed by atoms with Gasteiger partial charge in [0, 0.05) is 17.5 Å². The lowest BCUT2D eigenvalue weighted by molar-refractivity contribution is 0.0265. The third-order valence-electron chi connectivity index (χ3n) is 4.71. The molecule has 3 aromatic heterocycles. The van der Waals surface area contributed by atoms with Crippen LogP contribution in [-0.4, -0.2) is 30.9 Å². The third-order valence-corrected chi connectivity index (χ3v) is 4.71. The number of ether oxygens (including phenoxy) is 1. The highest BCUT2D eigenvalue weighted by atomic mass is 19.1. The predicted molar refractivity (Wildman–Crippen MR) is 109 cm³/mol. The summed E-state index contributed by atoms with van der Waals surface area (Å²) in [6, 6.07) is 9.90. The van der Waals surface area contributed by atoms with E-state index in [0.29, 0.717) is 16.9 Å². The number of aryl methyl sites for hydroxylation is 3. The average molecular weight is 421 g/mol. The number of aromatic nitrogens is 5. The topological polar surface area (TPSA) is 95.9 Å². The van der Waals surface area contributed by atoms with E-state index < -0.39 is 12.1 Å². The van der Waals surface area contributed by atoms with Crippen molar-refractivity contribution in [2.24, 2.45) is 0 Å². The van der Waals surface area contributed by atoms with E-state index in [9.17, 15) is 9.18 Å². The third kappa shape index (κ3) is 4.20. The van der Waals surface area contributed by atoms with Crippen LogP contribution in [0.5, 0.6) is 0 Å². The van der Waals surface area contributed by atoms with Crippen LogP contribution in [0.1, 0.15) is 46.2 Å². The van der Waals surface area contributed by atoms with Crippen LogP contribution in [0.3, 0.4) is 0 Å². The molecule has 31 heavy (non-hydrogen) atoms. The van der Waals surface area contributed by atoms with Crippen LogP contribution in [0, 0.1) is 26.6 Å².